The van der Waals surface area contributed by atoms with Crippen LogP contribution in [0.2, 0.25) is 19.6 Å². The van der Waals surface area contributed by atoms with E-state index in [9.17, 15) is 4.21 Å². The predicted octanol–water partition coefficient (Wildman–Crippen LogP) is 3.34. The van der Waals surface area contributed by atoms with Gasteiger partial charge in [-0.05, 0) is 12.1 Å². The molecule has 3 heteroatoms. The van der Waals surface area contributed by atoms with E-state index in [1.807, 2.05) is 30.3 Å². The Labute approximate surface area is 95.0 Å². The molecule has 0 fully saturated rings. The Morgan fingerprint density at radius 1 is 1.27 bits per heavy atom. The third kappa shape index (κ3) is 3.03. The average molecular weight is 236 g/mol. The molecule has 15 heavy (non-hydrogen) atoms. The lowest BCUT2D eigenvalue weighted by Crippen LogP contribution is -2.26. The largest absolute Gasteiger partial charge is 0.249 e. The lowest BCUT2D eigenvalue weighted by molar-refractivity contribution is 0.687. The maximum absolute atomic E-state index is 12.2. The first-order valence-electron chi connectivity index (χ1n) is 4.84. The van der Waals surface area contributed by atoms with Crippen molar-refractivity contribution in [3.8, 4) is 0 Å². The van der Waals surface area contributed by atoms with Crippen LogP contribution in [0.15, 0.2) is 52.1 Å². The highest BCUT2D eigenvalue weighted by Crippen LogP contribution is 2.22. The lowest BCUT2D eigenvalue weighted by Gasteiger charge is -2.17. The highest BCUT2D eigenvalue weighted by atomic mass is 32.2. The van der Waals surface area contributed by atoms with Crippen molar-refractivity contribution in [2.24, 2.45) is 0 Å². The Morgan fingerprint density at radius 2 is 1.80 bits per heavy atom. The molecule has 1 aromatic carbocycles. The van der Waals surface area contributed by atoms with Gasteiger partial charge >= 0.3 is 0 Å². The van der Waals surface area contributed by atoms with Crippen molar-refractivity contribution < 1.29 is 4.21 Å². The molecule has 80 valence electrons. The molecule has 1 atom stereocenters. The summed E-state index contributed by atoms with van der Waals surface area (Å²) in [7, 11) is -2.68. The molecule has 1 aromatic rings. The fraction of sp³-hybridized carbons (Fsp3) is 0.250. The summed E-state index contributed by atoms with van der Waals surface area (Å²) in [6.07, 6.45) is 0. The zero-order chi connectivity index (χ0) is 11.5. The molecule has 0 N–H and O–H groups in total. The van der Waals surface area contributed by atoms with Gasteiger partial charge in [0.15, 0.2) is 0 Å². The molecule has 0 saturated heterocycles. The predicted molar refractivity (Wildman–Crippen MR) is 68.8 cm³/mol. The Morgan fingerprint density at radius 3 is 2.20 bits per heavy atom. The summed E-state index contributed by atoms with van der Waals surface area (Å²) in [5, 5.41) is 0. The Balaban J connectivity index is 3.11. The molecule has 0 radical (unpaired) electrons. The molecule has 0 spiro atoms. The van der Waals surface area contributed by atoms with Crippen LogP contribution in [0.3, 0.4) is 0 Å². The molecule has 0 amide bonds. The third-order valence-corrected chi connectivity index (χ3v) is 7.13. The smallest absolute Gasteiger partial charge is 0.0996 e. The van der Waals surface area contributed by atoms with E-state index in [-0.39, 0.29) is 0 Å². The molecule has 0 aliphatic rings. The van der Waals surface area contributed by atoms with Crippen molar-refractivity contribution in [1.29, 1.82) is 0 Å². The number of hydrogen-bond acceptors (Lipinski definition) is 1. The summed E-state index contributed by atoms with van der Waals surface area (Å²) < 4.78 is 13.1. The van der Waals surface area contributed by atoms with E-state index in [0.29, 0.717) is 0 Å². The molecule has 1 rings (SSSR count). The number of hydrogen-bond donors (Lipinski definition) is 0. The van der Waals surface area contributed by atoms with Crippen molar-refractivity contribution in [2.45, 2.75) is 24.5 Å². The summed E-state index contributed by atoms with van der Waals surface area (Å²) in [5.74, 6) is 0. The highest BCUT2D eigenvalue weighted by molar-refractivity contribution is 7.91. The molecular formula is C12H16OSSi. The van der Waals surface area contributed by atoms with Crippen molar-refractivity contribution in [2.75, 3.05) is 0 Å². The van der Waals surface area contributed by atoms with Gasteiger partial charge in [0.2, 0.25) is 0 Å². The zero-order valence-electron chi connectivity index (χ0n) is 9.41. The molecule has 0 aliphatic heterocycles. The SMILES string of the molecule is C=C=C(S(=O)c1ccccc1)[Si](C)(C)C. The van der Waals surface area contributed by atoms with E-state index >= 15 is 0 Å². The number of rotatable bonds is 3. The Bertz CT molecular complexity index is 411. The highest BCUT2D eigenvalue weighted by Gasteiger charge is 2.25. The minimum atomic E-state index is -1.59. The topological polar surface area (TPSA) is 17.1 Å². The summed E-state index contributed by atoms with van der Waals surface area (Å²) in [6, 6.07) is 9.49. The minimum absolute atomic E-state index is 0.839. The van der Waals surface area contributed by atoms with Gasteiger partial charge < -0.3 is 0 Å². The van der Waals surface area contributed by atoms with Crippen LogP contribution in [0.4, 0.5) is 0 Å². The maximum Gasteiger partial charge on any atom is 0.0996 e. The maximum atomic E-state index is 12.2. The van der Waals surface area contributed by atoms with Crippen LogP contribution in [0, 0.1) is 0 Å². The molecule has 0 bridgehead atoms. The molecule has 1 nitrogen and oxygen atoms in total. The fourth-order valence-corrected chi connectivity index (χ4v) is 5.15. The van der Waals surface area contributed by atoms with Gasteiger partial charge in [-0.1, -0.05) is 44.4 Å². The van der Waals surface area contributed by atoms with Crippen LogP contribution in [-0.4, -0.2) is 12.3 Å². The van der Waals surface area contributed by atoms with Crippen molar-refractivity contribution >= 4 is 18.9 Å². The van der Waals surface area contributed by atoms with Crippen molar-refractivity contribution in [3.63, 3.8) is 0 Å². The normalized spacial score (nSPS) is 13.0. The van der Waals surface area contributed by atoms with Crippen LogP contribution in [0.25, 0.3) is 0 Å². The van der Waals surface area contributed by atoms with Crippen molar-refractivity contribution in [1.82, 2.24) is 0 Å². The summed E-state index contributed by atoms with van der Waals surface area (Å²) in [6.45, 7) is 10.1. The van der Waals surface area contributed by atoms with Gasteiger partial charge in [-0.3, -0.25) is 0 Å². The van der Waals surface area contributed by atoms with Crippen molar-refractivity contribution in [3.05, 3.63) is 47.2 Å². The van der Waals surface area contributed by atoms with E-state index in [1.165, 1.54) is 0 Å². The third-order valence-electron chi connectivity index (χ3n) is 1.98. The van der Waals surface area contributed by atoms with Gasteiger partial charge in [-0.25, -0.2) is 4.21 Å². The first-order chi connectivity index (χ1) is 6.96. The summed E-state index contributed by atoms with van der Waals surface area (Å²) >= 11 is 0. The monoisotopic (exact) mass is 236 g/mol. The van der Waals surface area contributed by atoms with Gasteiger partial charge in [0.25, 0.3) is 0 Å². The Kier molecular flexibility index (Phi) is 3.86. The van der Waals surface area contributed by atoms with Crippen LogP contribution in [0.5, 0.6) is 0 Å². The Hall–Kier alpha value is -0.893. The molecule has 0 saturated carbocycles. The standard InChI is InChI=1S/C12H16OSSi/c1-5-12(15(2,3)4)14(13)11-9-7-6-8-10-11/h6-10H,1H2,2-4H3. The second kappa shape index (κ2) is 4.75. The van der Waals surface area contributed by atoms with Crippen LogP contribution >= 0.6 is 0 Å². The minimum Gasteiger partial charge on any atom is -0.249 e. The van der Waals surface area contributed by atoms with Gasteiger partial charge in [-0.2, -0.15) is 0 Å². The number of benzene rings is 1. The molecule has 0 heterocycles. The molecular weight excluding hydrogens is 220 g/mol. The van der Waals surface area contributed by atoms with E-state index in [1.54, 1.807) is 0 Å². The summed E-state index contributed by atoms with van der Waals surface area (Å²) in [4.78, 5) is 0.839. The second-order valence-corrected chi connectivity index (χ2v) is 11.1. The zero-order valence-corrected chi connectivity index (χ0v) is 11.2. The van der Waals surface area contributed by atoms with Gasteiger partial charge in [0.1, 0.15) is 0 Å². The van der Waals surface area contributed by atoms with Crippen LogP contribution < -0.4 is 0 Å². The first kappa shape index (κ1) is 12.2. The molecule has 0 aliphatic carbocycles. The second-order valence-electron chi connectivity index (χ2n) is 4.34. The van der Waals surface area contributed by atoms with E-state index in [0.717, 1.165) is 9.42 Å². The van der Waals surface area contributed by atoms with Crippen LogP contribution in [0.1, 0.15) is 0 Å². The van der Waals surface area contributed by atoms with Gasteiger partial charge in [0.05, 0.1) is 18.9 Å². The fourth-order valence-electron chi connectivity index (χ4n) is 1.27. The van der Waals surface area contributed by atoms with Crippen LogP contribution in [-0.2, 0) is 10.8 Å². The lowest BCUT2D eigenvalue weighted by atomic mass is 10.4. The average Bonchev–Trinajstić information content (AvgIpc) is 2.18. The van der Waals surface area contributed by atoms with Gasteiger partial charge in [0, 0.05) is 9.42 Å². The quantitative estimate of drug-likeness (QED) is 0.581. The molecule has 0 aromatic heterocycles. The summed E-state index contributed by atoms with van der Waals surface area (Å²) in [5.41, 5.74) is 2.87. The first-order valence-corrected chi connectivity index (χ1v) is 9.49. The van der Waals surface area contributed by atoms with E-state index in [4.69, 9.17) is 0 Å². The van der Waals surface area contributed by atoms with Gasteiger partial charge in [-0.15, -0.1) is 5.73 Å². The van der Waals surface area contributed by atoms with E-state index in [2.05, 4.69) is 32.0 Å². The molecule has 1 unspecified atom stereocenters. The van der Waals surface area contributed by atoms with E-state index < -0.39 is 18.9 Å².